The third kappa shape index (κ3) is 6.23. The lowest BCUT2D eigenvalue weighted by Crippen LogP contribution is -2.41. The van der Waals surface area contributed by atoms with Crippen LogP contribution in [0.3, 0.4) is 0 Å². The van der Waals surface area contributed by atoms with Crippen molar-refractivity contribution in [1.82, 2.24) is 4.31 Å². The van der Waals surface area contributed by atoms with Crippen LogP contribution < -0.4 is 10.1 Å². The largest absolute Gasteiger partial charge is 0.489 e. The van der Waals surface area contributed by atoms with E-state index in [4.69, 9.17) is 27.9 Å². The van der Waals surface area contributed by atoms with Gasteiger partial charge in [0.1, 0.15) is 12.4 Å². The summed E-state index contributed by atoms with van der Waals surface area (Å²) in [7, 11) is -3.60. The van der Waals surface area contributed by atoms with Crippen molar-refractivity contribution in [3.63, 3.8) is 0 Å². The minimum absolute atomic E-state index is 0.132. The summed E-state index contributed by atoms with van der Waals surface area (Å²) in [4.78, 5) is 12.7. The molecule has 1 fully saturated rings. The highest BCUT2D eigenvalue weighted by Gasteiger charge is 2.32. The first-order valence-corrected chi connectivity index (χ1v) is 12.2. The number of hydrogen-bond acceptors (Lipinski definition) is 4. The normalized spacial score (nSPS) is 15.4. The summed E-state index contributed by atoms with van der Waals surface area (Å²) in [6.07, 6.45) is 2.52. The van der Waals surface area contributed by atoms with E-state index in [0.717, 1.165) is 0 Å². The number of rotatable bonds is 8. The Morgan fingerprint density at radius 1 is 1.16 bits per heavy atom. The van der Waals surface area contributed by atoms with E-state index in [1.165, 1.54) is 4.31 Å². The Bertz CT molecular complexity index is 1030. The summed E-state index contributed by atoms with van der Waals surface area (Å²) in [5.74, 6) is -0.0307. The van der Waals surface area contributed by atoms with E-state index in [1.807, 2.05) is 0 Å². The Morgan fingerprint density at radius 3 is 2.45 bits per heavy atom. The van der Waals surface area contributed by atoms with Gasteiger partial charge in [-0.1, -0.05) is 48.0 Å². The maximum atomic E-state index is 12.8. The van der Waals surface area contributed by atoms with Gasteiger partial charge >= 0.3 is 0 Å². The van der Waals surface area contributed by atoms with E-state index in [9.17, 15) is 13.2 Å². The molecule has 0 aromatic heterocycles. The van der Waals surface area contributed by atoms with E-state index in [-0.39, 0.29) is 30.7 Å². The molecular weight excluding hydrogens is 459 g/mol. The number of ether oxygens (including phenoxy) is 1. The number of amides is 1. The van der Waals surface area contributed by atoms with E-state index in [2.05, 4.69) is 11.9 Å². The van der Waals surface area contributed by atoms with Gasteiger partial charge in [0.25, 0.3) is 0 Å². The predicted molar refractivity (Wildman–Crippen MR) is 124 cm³/mol. The molecule has 1 aliphatic rings. The maximum absolute atomic E-state index is 12.8. The fourth-order valence-electron chi connectivity index (χ4n) is 3.40. The standard InChI is InChI=1S/C22H24Cl2N2O4S/c1-2-13-30-18-6-3-5-17(14-18)25-22(27)16-9-11-26(12-10-16)31(28,29)15-19-20(23)7-4-8-21(19)24/h2-8,14,16H,1,9-13,15H2,(H,25,27). The SMILES string of the molecule is C=CCOc1cccc(NC(=O)C2CCN(S(=O)(=O)Cc3c(Cl)cccc3Cl)CC2)c1. The number of piperidine rings is 1. The van der Waals surface area contributed by atoms with Crippen LogP contribution in [-0.4, -0.2) is 38.3 Å². The first kappa shape index (κ1) is 23.6. The van der Waals surface area contributed by atoms with Crippen LogP contribution in [0.25, 0.3) is 0 Å². The molecular formula is C22H24Cl2N2O4S. The van der Waals surface area contributed by atoms with Crippen LogP contribution in [0.15, 0.2) is 55.1 Å². The van der Waals surface area contributed by atoms with Crippen LogP contribution in [0, 0.1) is 5.92 Å². The Labute approximate surface area is 192 Å². The molecule has 0 aliphatic carbocycles. The Kier molecular flexibility index (Phi) is 8.00. The van der Waals surface area contributed by atoms with Gasteiger partial charge in [-0.3, -0.25) is 4.79 Å². The summed E-state index contributed by atoms with van der Waals surface area (Å²) < 4.78 is 32.6. The van der Waals surface area contributed by atoms with Crippen molar-refractivity contribution in [2.24, 2.45) is 5.92 Å². The lowest BCUT2D eigenvalue weighted by atomic mass is 9.97. The molecule has 1 N–H and O–H groups in total. The fourth-order valence-corrected chi connectivity index (χ4v) is 5.72. The average Bonchev–Trinajstić information content (AvgIpc) is 2.75. The summed E-state index contributed by atoms with van der Waals surface area (Å²) in [5.41, 5.74) is 1.03. The smallest absolute Gasteiger partial charge is 0.227 e. The third-order valence-corrected chi connectivity index (χ3v) is 7.59. The van der Waals surface area contributed by atoms with Crippen molar-refractivity contribution in [2.45, 2.75) is 18.6 Å². The van der Waals surface area contributed by atoms with Crippen molar-refractivity contribution in [3.05, 3.63) is 70.7 Å². The molecule has 1 saturated heterocycles. The molecule has 1 amide bonds. The molecule has 9 heteroatoms. The number of nitrogens with one attached hydrogen (secondary N) is 1. The lowest BCUT2D eigenvalue weighted by molar-refractivity contribution is -0.120. The molecule has 0 unspecified atom stereocenters. The van der Waals surface area contributed by atoms with Gasteiger partial charge in [0.05, 0.1) is 5.75 Å². The van der Waals surface area contributed by atoms with Crippen molar-refractivity contribution < 1.29 is 17.9 Å². The minimum atomic E-state index is -3.60. The second kappa shape index (κ2) is 10.5. The van der Waals surface area contributed by atoms with E-state index in [0.29, 0.717) is 46.5 Å². The zero-order valence-electron chi connectivity index (χ0n) is 16.9. The number of hydrogen-bond donors (Lipinski definition) is 1. The van der Waals surface area contributed by atoms with E-state index < -0.39 is 10.0 Å². The maximum Gasteiger partial charge on any atom is 0.227 e. The Morgan fingerprint density at radius 2 is 1.81 bits per heavy atom. The van der Waals surface area contributed by atoms with Crippen LogP contribution in [-0.2, 0) is 20.6 Å². The topological polar surface area (TPSA) is 75.7 Å². The molecule has 3 rings (SSSR count). The van der Waals surface area contributed by atoms with Gasteiger partial charge in [0.2, 0.25) is 15.9 Å². The van der Waals surface area contributed by atoms with Crippen LogP contribution in [0.2, 0.25) is 10.0 Å². The first-order valence-electron chi connectivity index (χ1n) is 9.85. The number of benzene rings is 2. The quantitative estimate of drug-likeness (QED) is 0.551. The third-order valence-electron chi connectivity index (χ3n) is 5.08. The molecule has 6 nitrogen and oxygen atoms in total. The van der Waals surface area contributed by atoms with Gasteiger partial charge in [-0.05, 0) is 37.1 Å². The number of sulfonamides is 1. The van der Waals surface area contributed by atoms with Crippen LogP contribution in [0.5, 0.6) is 5.75 Å². The predicted octanol–water partition coefficient (Wildman–Crippen LogP) is 4.74. The second-order valence-corrected chi connectivity index (χ2v) is 10.0. The fraction of sp³-hybridized carbons (Fsp3) is 0.318. The van der Waals surface area contributed by atoms with Crippen LogP contribution in [0.4, 0.5) is 5.69 Å². The minimum Gasteiger partial charge on any atom is -0.489 e. The van der Waals surface area contributed by atoms with Gasteiger partial charge in [-0.2, -0.15) is 0 Å². The van der Waals surface area contributed by atoms with E-state index >= 15 is 0 Å². The lowest BCUT2D eigenvalue weighted by Gasteiger charge is -2.30. The monoisotopic (exact) mass is 482 g/mol. The number of halogens is 2. The van der Waals surface area contributed by atoms with Crippen molar-refractivity contribution in [3.8, 4) is 5.75 Å². The van der Waals surface area contributed by atoms with Gasteiger partial charge in [-0.25, -0.2) is 12.7 Å². The first-order chi connectivity index (χ1) is 14.8. The summed E-state index contributed by atoms with van der Waals surface area (Å²) in [6, 6.07) is 12.0. The van der Waals surface area contributed by atoms with E-state index in [1.54, 1.807) is 48.5 Å². The summed E-state index contributed by atoms with van der Waals surface area (Å²) in [5, 5.41) is 3.54. The van der Waals surface area contributed by atoms with Crippen molar-refractivity contribution in [2.75, 3.05) is 25.0 Å². The van der Waals surface area contributed by atoms with Gasteiger partial charge in [-0.15, -0.1) is 0 Å². The summed E-state index contributed by atoms with van der Waals surface area (Å²) >= 11 is 12.2. The summed E-state index contributed by atoms with van der Waals surface area (Å²) in [6.45, 7) is 4.52. The zero-order chi connectivity index (χ0) is 22.4. The molecule has 0 bridgehead atoms. The highest BCUT2D eigenvalue weighted by Crippen LogP contribution is 2.29. The molecule has 0 saturated carbocycles. The van der Waals surface area contributed by atoms with Gasteiger partial charge in [0.15, 0.2) is 0 Å². The zero-order valence-corrected chi connectivity index (χ0v) is 19.2. The Hall–Kier alpha value is -2.06. The van der Waals surface area contributed by atoms with Gasteiger partial charge < -0.3 is 10.1 Å². The number of carbonyl (C=O) groups is 1. The molecule has 0 spiro atoms. The highest BCUT2D eigenvalue weighted by atomic mass is 35.5. The van der Waals surface area contributed by atoms with Gasteiger partial charge in [0, 0.05) is 46.4 Å². The average molecular weight is 483 g/mol. The number of anilines is 1. The molecule has 1 heterocycles. The van der Waals surface area contributed by atoms with Crippen molar-refractivity contribution in [1.29, 1.82) is 0 Å². The molecule has 31 heavy (non-hydrogen) atoms. The molecule has 0 atom stereocenters. The second-order valence-electron chi connectivity index (χ2n) is 7.25. The Balaban J connectivity index is 1.57. The molecule has 2 aromatic carbocycles. The number of carbonyl (C=O) groups excluding carboxylic acids is 1. The van der Waals surface area contributed by atoms with Crippen LogP contribution >= 0.6 is 23.2 Å². The molecule has 0 radical (unpaired) electrons. The molecule has 166 valence electrons. The van der Waals surface area contributed by atoms with Crippen molar-refractivity contribution >= 4 is 44.8 Å². The molecule has 1 aliphatic heterocycles. The van der Waals surface area contributed by atoms with Crippen LogP contribution in [0.1, 0.15) is 18.4 Å². The number of nitrogens with zero attached hydrogens (tertiary/aromatic N) is 1. The molecule has 2 aromatic rings. The highest BCUT2D eigenvalue weighted by molar-refractivity contribution is 7.88.